The first-order valence-corrected chi connectivity index (χ1v) is 7.51. The van der Waals surface area contributed by atoms with E-state index in [1.165, 1.54) is 0 Å². The Morgan fingerprint density at radius 1 is 1.33 bits per heavy atom. The average molecular weight is 292 g/mol. The number of aliphatic hydroxyl groups is 1. The molecule has 1 saturated carbocycles. The molecular weight excluding hydrogens is 268 g/mol. The Kier molecular flexibility index (Phi) is 6.02. The van der Waals surface area contributed by atoms with Gasteiger partial charge in [0, 0.05) is 12.6 Å². The minimum absolute atomic E-state index is 0.0956. The van der Waals surface area contributed by atoms with E-state index in [0.717, 1.165) is 25.7 Å². The molecule has 3 N–H and O–H groups in total. The van der Waals surface area contributed by atoms with Gasteiger partial charge in [-0.1, -0.05) is 25.0 Å². The van der Waals surface area contributed by atoms with Gasteiger partial charge in [-0.15, -0.1) is 0 Å². The molecule has 2 unspecified atom stereocenters. The van der Waals surface area contributed by atoms with Crippen LogP contribution in [0.15, 0.2) is 24.3 Å². The summed E-state index contributed by atoms with van der Waals surface area (Å²) in [5.41, 5.74) is 0.675. The number of ether oxygens (including phenoxy) is 1. The van der Waals surface area contributed by atoms with Crippen molar-refractivity contribution in [2.75, 3.05) is 25.6 Å². The van der Waals surface area contributed by atoms with Crippen molar-refractivity contribution in [2.45, 2.75) is 31.7 Å². The van der Waals surface area contributed by atoms with Crippen molar-refractivity contribution in [3.05, 3.63) is 24.3 Å². The molecule has 2 atom stereocenters. The molecule has 0 aromatic heterocycles. The Bertz CT molecular complexity index is 465. The number of carbonyl (C=O) groups is 1. The highest BCUT2D eigenvalue weighted by molar-refractivity contribution is 5.93. The van der Waals surface area contributed by atoms with Crippen molar-refractivity contribution in [1.29, 1.82) is 0 Å². The second-order valence-corrected chi connectivity index (χ2v) is 5.46. The maximum absolute atomic E-state index is 12.0. The van der Waals surface area contributed by atoms with Crippen LogP contribution in [0.5, 0.6) is 5.75 Å². The molecule has 0 spiro atoms. The molecule has 1 aromatic rings. The summed E-state index contributed by atoms with van der Waals surface area (Å²) in [6.07, 6.45) is 4.37. The molecule has 0 bridgehead atoms. The van der Waals surface area contributed by atoms with Crippen molar-refractivity contribution in [3.8, 4) is 5.75 Å². The van der Waals surface area contributed by atoms with E-state index >= 15 is 0 Å². The van der Waals surface area contributed by atoms with Crippen LogP contribution in [-0.4, -0.2) is 37.3 Å². The number of carbonyl (C=O) groups excluding carboxylic acids is 1. The van der Waals surface area contributed by atoms with E-state index in [4.69, 9.17) is 4.74 Å². The number of amides is 1. The highest BCUT2D eigenvalue weighted by Gasteiger charge is 2.24. The zero-order valence-electron chi connectivity index (χ0n) is 12.5. The second kappa shape index (κ2) is 8.00. The number of aliphatic hydroxyl groups excluding tert-OH is 1. The largest absolute Gasteiger partial charge is 0.495 e. The topological polar surface area (TPSA) is 70.6 Å². The first-order valence-electron chi connectivity index (χ1n) is 7.51. The molecule has 5 heteroatoms. The zero-order chi connectivity index (χ0) is 15.1. The summed E-state index contributed by atoms with van der Waals surface area (Å²) in [5.74, 6) is 0.816. The lowest BCUT2D eigenvalue weighted by atomic mass is 9.85. The van der Waals surface area contributed by atoms with Crippen LogP contribution in [0.25, 0.3) is 0 Å². The zero-order valence-corrected chi connectivity index (χ0v) is 12.5. The van der Waals surface area contributed by atoms with Crippen LogP contribution in [-0.2, 0) is 4.79 Å². The third-order valence-corrected chi connectivity index (χ3v) is 4.05. The first kappa shape index (κ1) is 15.8. The normalized spacial score (nSPS) is 21.8. The Morgan fingerprint density at radius 2 is 2.10 bits per heavy atom. The van der Waals surface area contributed by atoms with Crippen molar-refractivity contribution >= 4 is 11.6 Å². The van der Waals surface area contributed by atoms with E-state index in [2.05, 4.69) is 10.6 Å². The smallest absolute Gasteiger partial charge is 0.238 e. The number of hydrogen-bond acceptors (Lipinski definition) is 4. The summed E-state index contributed by atoms with van der Waals surface area (Å²) >= 11 is 0. The summed E-state index contributed by atoms with van der Waals surface area (Å²) < 4.78 is 5.21. The van der Waals surface area contributed by atoms with E-state index in [1.54, 1.807) is 7.11 Å². The molecule has 1 amide bonds. The van der Waals surface area contributed by atoms with Gasteiger partial charge in [0.2, 0.25) is 5.91 Å². The molecule has 116 valence electrons. The van der Waals surface area contributed by atoms with Gasteiger partial charge in [0.15, 0.2) is 0 Å². The summed E-state index contributed by atoms with van der Waals surface area (Å²) in [6, 6.07) is 7.57. The molecule has 1 aromatic carbocycles. The van der Waals surface area contributed by atoms with Crippen LogP contribution < -0.4 is 15.4 Å². The molecule has 1 fully saturated rings. The van der Waals surface area contributed by atoms with E-state index in [-0.39, 0.29) is 31.0 Å². The summed E-state index contributed by atoms with van der Waals surface area (Å²) in [5, 5.41) is 15.5. The van der Waals surface area contributed by atoms with Gasteiger partial charge >= 0.3 is 0 Å². The lowest BCUT2D eigenvalue weighted by Crippen LogP contribution is -2.43. The van der Waals surface area contributed by atoms with Gasteiger partial charge in [0.05, 0.1) is 19.3 Å². The molecule has 1 aliphatic carbocycles. The predicted octanol–water partition coefficient (Wildman–Crippen LogP) is 1.77. The van der Waals surface area contributed by atoms with Crippen LogP contribution >= 0.6 is 0 Å². The summed E-state index contributed by atoms with van der Waals surface area (Å²) in [7, 11) is 1.58. The van der Waals surface area contributed by atoms with Crippen LogP contribution in [0, 0.1) is 5.92 Å². The SMILES string of the molecule is COc1ccccc1NC(=O)CNC1CCCCC1CO. The van der Waals surface area contributed by atoms with E-state index < -0.39 is 0 Å². The van der Waals surface area contributed by atoms with E-state index in [9.17, 15) is 9.90 Å². The monoisotopic (exact) mass is 292 g/mol. The summed E-state index contributed by atoms with van der Waals surface area (Å²) in [4.78, 5) is 12.0. The molecule has 0 heterocycles. The van der Waals surface area contributed by atoms with Crippen molar-refractivity contribution in [1.82, 2.24) is 5.32 Å². The van der Waals surface area contributed by atoms with E-state index in [0.29, 0.717) is 11.4 Å². The standard InChI is InChI=1S/C16H24N2O3/c1-21-15-9-5-4-8-14(15)18-16(20)10-17-13-7-3-2-6-12(13)11-19/h4-5,8-9,12-13,17,19H,2-3,6-7,10-11H2,1H3,(H,18,20). The number of nitrogens with one attached hydrogen (secondary N) is 2. The second-order valence-electron chi connectivity index (χ2n) is 5.46. The number of rotatable bonds is 6. The van der Waals surface area contributed by atoms with Crippen LogP contribution in [0.4, 0.5) is 5.69 Å². The number of anilines is 1. The molecule has 5 nitrogen and oxygen atoms in total. The van der Waals surface area contributed by atoms with Gasteiger partial charge in [0.25, 0.3) is 0 Å². The van der Waals surface area contributed by atoms with Crippen LogP contribution in [0.1, 0.15) is 25.7 Å². The lowest BCUT2D eigenvalue weighted by molar-refractivity contribution is -0.115. The number of hydrogen-bond donors (Lipinski definition) is 3. The average Bonchev–Trinajstić information content (AvgIpc) is 2.53. The van der Waals surface area contributed by atoms with Gasteiger partial charge in [-0.05, 0) is 30.9 Å². The molecule has 2 rings (SSSR count). The Balaban J connectivity index is 1.84. The highest BCUT2D eigenvalue weighted by Crippen LogP contribution is 2.24. The molecule has 0 saturated heterocycles. The molecule has 1 aliphatic rings. The molecule has 0 aliphatic heterocycles. The molecule has 0 radical (unpaired) electrons. The predicted molar refractivity (Wildman–Crippen MR) is 82.5 cm³/mol. The minimum Gasteiger partial charge on any atom is -0.495 e. The fourth-order valence-electron chi connectivity index (χ4n) is 2.86. The Labute approximate surface area is 125 Å². The van der Waals surface area contributed by atoms with Gasteiger partial charge in [-0.25, -0.2) is 0 Å². The Hall–Kier alpha value is -1.59. The fourth-order valence-corrected chi connectivity index (χ4v) is 2.86. The lowest BCUT2D eigenvalue weighted by Gasteiger charge is -2.30. The maximum Gasteiger partial charge on any atom is 0.238 e. The van der Waals surface area contributed by atoms with Crippen molar-refractivity contribution in [3.63, 3.8) is 0 Å². The molecular formula is C16H24N2O3. The van der Waals surface area contributed by atoms with Gasteiger partial charge in [-0.2, -0.15) is 0 Å². The first-order chi connectivity index (χ1) is 10.2. The van der Waals surface area contributed by atoms with Gasteiger partial charge in [0.1, 0.15) is 5.75 Å². The molecule has 21 heavy (non-hydrogen) atoms. The maximum atomic E-state index is 12.0. The highest BCUT2D eigenvalue weighted by atomic mass is 16.5. The third kappa shape index (κ3) is 4.44. The number of methoxy groups -OCH3 is 1. The number of benzene rings is 1. The minimum atomic E-state index is -0.0956. The Morgan fingerprint density at radius 3 is 2.86 bits per heavy atom. The van der Waals surface area contributed by atoms with Crippen LogP contribution in [0.3, 0.4) is 0 Å². The van der Waals surface area contributed by atoms with E-state index in [1.807, 2.05) is 24.3 Å². The van der Waals surface area contributed by atoms with Gasteiger partial charge < -0.3 is 20.5 Å². The fraction of sp³-hybridized carbons (Fsp3) is 0.562. The quantitative estimate of drug-likeness (QED) is 0.747. The van der Waals surface area contributed by atoms with Gasteiger partial charge in [-0.3, -0.25) is 4.79 Å². The third-order valence-electron chi connectivity index (χ3n) is 4.05. The van der Waals surface area contributed by atoms with Crippen molar-refractivity contribution < 1.29 is 14.6 Å². The van der Waals surface area contributed by atoms with Crippen LogP contribution in [0.2, 0.25) is 0 Å². The number of para-hydroxylation sites is 2. The van der Waals surface area contributed by atoms with Crippen molar-refractivity contribution in [2.24, 2.45) is 5.92 Å². The summed E-state index contributed by atoms with van der Waals surface area (Å²) in [6.45, 7) is 0.436.